The van der Waals surface area contributed by atoms with E-state index in [1.807, 2.05) is 0 Å². The Morgan fingerprint density at radius 1 is 1.26 bits per heavy atom. The fourth-order valence-corrected chi connectivity index (χ4v) is 2.46. The summed E-state index contributed by atoms with van der Waals surface area (Å²) in [6.07, 6.45) is 3.97. The van der Waals surface area contributed by atoms with Gasteiger partial charge in [-0.3, -0.25) is 0 Å². The smallest absolute Gasteiger partial charge is 0.0716 e. The molecule has 0 amide bonds. The third-order valence-electron chi connectivity index (χ3n) is 3.63. The molecule has 1 N–H and O–H groups in total. The third kappa shape index (κ3) is 4.84. The number of morpholine rings is 1. The molecule has 0 aliphatic carbocycles. The van der Waals surface area contributed by atoms with E-state index in [1.54, 1.807) is 0 Å². The third-order valence-corrected chi connectivity index (χ3v) is 3.63. The summed E-state index contributed by atoms with van der Waals surface area (Å²) in [6.45, 7) is 7.31. The molecule has 3 nitrogen and oxygen atoms in total. The van der Waals surface area contributed by atoms with E-state index in [9.17, 15) is 0 Å². The van der Waals surface area contributed by atoms with E-state index in [2.05, 4.69) is 47.5 Å². The molecular weight excluding hydrogens is 236 g/mol. The zero-order valence-electron chi connectivity index (χ0n) is 12.0. The van der Waals surface area contributed by atoms with Crippen molar-refractivity contribution in [3.8, 4) is 0 Å². The van der Waals surface area contributed by atoms with Crippen molar-refractivity contribution in [3.05, 3.63) is 30.3 Å². The SMILES string of the molecule is CCCCN(CCC1CNCCO1)c1ccccc1. The second-order valence-corrected chi connectivity index (χ2v) is 5.16. The maximum absolute atomic E-state index is 5.78. The monoisotopic (exact) mass is 262 g/mol. The molecule has 1 aromatic rings. The summed E-state index contributed by atoms with van der Waals surface area (Å²) in [5, 5.41) is 3.40. The molecule has 1 aliphatic heterocycles. The van der Waals surface area contributed by atoms with Crippen LogP contribution in [0.4, 0.5) is 5.69 Å². The second-order valence-electron chi connectivity index (χ2n) is 5.16. The Morgan fingerprint density at radius 3 is 2.79 bits per heavy atom. The van der Waals surface area contributed by atoms with Crippen LogP contribution >= 0.6 is 0 Å². The first kappa shape index (κ1) is 14.4. The Hall–Kier alpha value is -1.06. The van der Waals surface area contributed by atoms with Crippen LogP contribution < -0.4 is 10.2 Å². The number of nitrogens with zero attached hydrogens (tertiary/aromatic N) is 1. The zero-order valence-corrected chi connectivity index (χ0v) is 12.0. The largest absolute Gasteiger partial charge is 0.376 e. The van der Waals surface area contributed by atoms with E-state index in [0.29, 0.717) is 6.10 Å². The van der Waals surface area contributed by atoms with Gasteiger partial charge in [0.15, 0.2) is 0 Å². The molecule has 0 aromatic heterocycles. The Balaban J connectivity index is 1.86. The van der Waals surface area contributed by atoms with E-state index in [-0.39, 0.29) is 0 Å². The lowest BCUT2D eigenvalue weighted by Gasteiger charge is -2.29. The fraction of sp³-hybridized carbons (Fsp3) is 0.625. The predicted octanol–water partition coefficient (Wildman–Crippen LogP) is 2.67. The topological polar surface area (TPSA) is 24.5 Å². The van der Waals surface area contributed by atoms with E-state index in [0.717, 1.165) is 39.2 Å². The maximum Gasteiger partial charge on any atom is 0.0716 e. The van der Waals surface area contributed by atoms with Crippen molar-refractivity contribution in [2.45, 2.75) is 32.3 Å². The molecule has 1 fully saturated rings. The van der Waals surface area contributed by atoms with Gasteiger partial charge in [-0.15, -0.1) is 0 Å². The fourth-order valence-electron chi connectivity index (χ4n) is 2.46. The Morgan fingerprint density at radius 2 is 2.11 bits per heavy atom. The van der Waals surface area contributed by atoms with Crippen molar-refractivity contribution in [1.29, 1.82) is 0 Å². The molecule has 1 saturated heterocycles. The van der Waals surface area contributed by atoms with Crippen LogP contribution in [0.1, 0.15) is 26.2 Å². The highest BCUT2D eigenvalue weighted by Gasteiger charge is 2.15. The summed E-state index contributed by atoms with van der Waals surface area (Å²) in [5.74, 6) is 0. The highest BCUT2D eigenvalue weighted by atomic mass is 16.5. The van der Waals surface area contributed by atoms with Crippen LogP contribution in [0.3, 0.4) is 0 Å². The van der Waals surface area contributed by atoms with Gasteiger partial charge in [-0.05, 0) is 25.0 Å². The first-order chi connectivity index (χ1) is 9.40. The Bertz CT molecular complexity index is 336. The van der Waals surface area contributed by atoms with Crippen molar-refractivity contribution in [2.24, 2.45) is 0 Å². The molecule has 0 radical (unpaired) electrons. The maximum atomic E-state index is 5.78. The average molecular weight is 262 g/mol. The van der Waals surface area contributed by atoms with Gasteiger partial charge in [-0.1, -0.05) is 31.5 Å². The van der Waals surface area contributed by atoms with Crippen molar-refractivity contribution < 1.29 is 4.74 Å². The van der Waals surface area contributed by atoms with Crippen molar-refractivity contribution in [1.82, 2.24) is 5.32 Å². The molecule has 1 aromatic carbocycles. The van der Waals surface area contributed by atoms with Gasteiger partial charge < -0.3 is 15.0 Å². The van der Waals surface area contributed by atoms with Crippen molar-refractivity contribution in [3.63, 3.8) is 0 Å². The van der Waals surface area contributed by atoms with Crippen molar-refractivity contribution >= 4 is 5.69 Å². The normalized spacial score (nSPS) is 19.3. The molecule has 0 bridgehead atoms. The van der Waals surface area contributed by atoms with Crippen LogP contribution in [-0.4, -0.2) is 38.9 Å². The molecule has 2 rings (SSSR count). The van der Waals surface area contributed by atoms with Gasteiger partial charge in [0.05, 0.1) is 12.7 Å². The molecule has 0 spiro atoms. The van der Waals surface area contributed by atoms with Gasteiger partial charge in [0.2, 0.25) is 0 Å². The number of unbranched alkanes of at least 4 members (excludes halogenated alkanes) is 1. The Labute approximate surface area is 116 Å². The number of hydrogen-bond donors (Lipinski definition) is 1. The zero-order chi connectivity index (χ0) is 13.3. The molecular formula is C16H26N2O. The quantitative estimate of drug-likeness (QED) is 0.817. The minimum atomic E-state index is 0.376. The minimum absolute atomic E-state index is 0.376. The second kappa shape index (κ2) is 8.18. The van der Waals surface area contributed by atoms with Gasteiger partial charge in [0.1, 0.15) is 0 Å². The van der Waals surface area contributed by atoms with Crippen molar-refractivity contribution in [2.75, 3.05) is 37.7 Å². The van der Waals surface area contributed by atoms with Crippen LogP contribution in [-0.2, 0) is 4.74 Å². The standard InChI is InChI=1S/C16H26N2O/c1-2-3-11-18(15-7-5-4-6-8-15)12-9-16-14-17-10-13-19-16/h4-8,16-17H,2-3,9-14H2,1H3. The highest BCUT2D eigenvalue weighted by Crippen LogP contribution is 2.15. The lowest BCUT2D eigenvalue weighted by Crippen LogP contribution is -2.40. The number of hydrogen-bond acceptors (Lipinski definition) is 3. The van der Waals surface area contributed by atoms with E-state index in [1.165, 1.54) is 18.5 Å². The van der Waals surface area contributed by atoms with Gasteiger partial charge in [-0.25, -0.2) is 0 Å². The minimum Gasteiger partial charge on any atom is -0.376 e. The highest BCUT2D eigenvalue weighted by molar-refractivity contribution is 5.45. The van der Waals surface area contributed by atoms with Crippen LogP contribution in [0.5, 0.6) is 0 Å². The molecule has 1 atom stereocenters. The number of ether oxygens (including phenoxy) is 1. The summed E-state index contributed by atoms with van der Waals surface area (Å²) >= 11 is 0. The average Bonchev–Trinajstić information content (AvgIpc) is 2.49. The number of para-hydroxylation sites is 1. The number of rotatable bonds is 7. The first-order valence-corrected chi connectivity index (χ1v) is 7.52. The van der Waals surface area contributed by atoms with Gasteiger partial charge in [-0.2, -0.15) is 0 Å². The molecule has 3 heteroatoms. The van der Waals surface area contributed by atoms with E-state index in [4.69, 9.17) is 4.74 Å². The number of benzene rings is 1. The molecule has 1 unspecified atom stereocenters. The van der Waals surface area contributed by atoms with Crippen LogP contribution in [0.2, 0.25) is 0 Å². The van der Waals surface area contributed by atoms with Crippen LogP contribution in [0, 0.1) is 0 Å². The first-order valence-electron chi connectivity index (χ1n) is 7.52. The summed E-state index contributed by atoms with van der Waals surface area (Å²) in [6, 6.07) is 10.7. The molecule has 0 saturated carbocycles. The van der Waals surface area contributed by atoms with Crippen LogP contribution in [0.15, 0.2) is 30.3 Å². The molecule has 1 aliphatic rings. The van der Waals surface area contributed by atoms with E-state index < -0.39 is 0 Å². The summed E-state index contributed by atoms with van der Waals surface area (Å²) in [4.78, 5) is 2.49. The van der Waals surface area contributed by atoms with E-state index >= 15 is 0 Å². The number of nitrogens with one attached hydrogen (secondary N) is 1. The van der Waals surface area contributed by atoms with Gasteiger partial charge in [0, 0.05) is 31.9 Å². The number of anilines is 1. The Kier molecular flexibility index (Phi) is 6.18. The summed E-state index contributed by atoms with van der Waals surface area (Å²) < 4.78 is 5.78. The van der Waals surface area contributed by atoms with Crippen LogP contribution in [0.25, 0.3) is 0 Å². The van der Waals surface area contributed by atoms with Gasteiger partial charge >= 0.3 is 0 Å². The lowest BCUT2D eigenvalue weighted by atomic mass is 10.2. The molecule has 1 heterocycles. The van der Waals surface area contributed by atoms with Gasteiger partial charge in [0.25, 0.3) is 0 Å². The molecule has 106 valence electrons. The summed E-state index contributed by atoms with van der Waals surface area (Å²) in [7, 11) is 0. The summed E-state index contributed by atoms with van der Waals surface area (Å²) in [5.41, 5.74) is 1.33. The lowest BCUT2D eigenvalue weighted by molar-refractivity contribution is 0.0249. The predicted molar refractivity (Wildman–Crippen MR) is 80.8 cm³/mol. The molecule has 19 heavy (non-hydrogen) atoms.